The Morgan fingerprint density at radius 1 is 0.537 bits per heavy atom. The van der Waals surface area contributed by atoms with Crippen LogP contribution in [0.25, 0.3) is 0 Å². The van der Waals surface area contributed by atoms with Crippen molar-refractivity contribution in [1.82, 2.24) is 19.6 Å². The zero-order chi connectivity index (χ0) is 57.1. The van der Waals surface area contributed by atoms with E-state index >= 15 is 9.59 Å². The van der Waals surface area contributed by atoms with Crippen LogP contribution >= 0.6 is 0 Å². The van der Waals surface area contributed by atoms with Crippen molar-refractivity contribution >= 4 is 23.8 Å². The zero-order valence-electron chi connectivity index (χ0n) is 43.9. The van der Waals surface area contributed by atoms with Crippen LogP contribution < -0.4 is 9.47 Å². The van der Waals surface area contributed by atoms with Crippen molar-refractivity contribution in [3.8, 4) is 11.5 Å². The van der Waals surface area contributed by atoms with Crippen molar-refractivity contribution in [1.29, 1.82) is 0 Å². The quantitative estimate of drug-likeness (QED) is 0.0470. The van der Waals surface area contributed by atoms with E-state index in [9.17, 15) is 44.7 Å². The summed E-state index contributed by atoms with van der Waals surface area (Å²) in [6.45, 7) is 7.56. The number of alkyl halides is 6. The molecule has 4 aliphatic heterocycles. The topological polar surface area (TPSA) is 155 Å². The van der Waals surface area contributed by atoms with Crippen molar-refractivity contribution < 1.29 is 92.2 Å². The van der Waals surface area contributed by atoms with E-state index in [1.54, 1.807) is 0 Å². The second-order valence-electron chi connectivity index (χ2n) is 20.1. The Balaban J connectivity index is 1.07. The molecule has 4 saturated heterocycles. The molecule has 0 spiro atoms. The number of amides is 2. The smallest absolute Gasteiger partial charge is 0.439 e. The van der Waals surface area contributed by atoms with E-state index in [2.05, 4.69) is 19.3 Å². The molecule has 24 heteroatoms. The summed E-state index contributed by atoms with van der Waals surface area (Å²) in [6.07, 6.45) is -12.5. The molecule has 4 aromatic carbocycles. The molecule has 0 bridgehead atoms. The molecule has 16 nitrogen and oxygen atoms in total. The van der Waals surface area contributed by atoms with Crippen LogP contribution in [0.1, 0.15) is 86.8 Å². The van der Waals surface area contributed by atoms with Crippen LogP contribution in [-0.4, -0.2) is 145 Å². The van der Waals surface area contributed by atoms with Gasteiger partial charge in [0.25, 0.3) is 11.8 Å². The van der Waals surface area contributed by atoms with Crippen molar-refractivity contribution in [2.75, 3.05) is 52.5 Å². The fraction of sp³-hybridized carbons (Fsp3) is 0.500. The third-order valence-electron chi connectivity index (χ3n) is 14.2. The lowest BCUT2D eigenvalue weighted by atomic mass is 9.99. The molecule has 6 atom stereocenters. The predicted molar refractivity (Wildman–Crippen MR) is 267 cm³/mol. The van der Waals surface area contributed by atoms with Crippen molar-refractivity contribution in [2.24, 2.45) is 0 Å². The third-order valence-corrected chi connectivity index (χ3v) is 14.2. The molecule has 2 amide bonds. The minimum Gasteiger partial charge on any atom is -0.439 e. The number of hydrogen-bond donors (Lipinski definition) is 0. The van der Waals surface area contributed by atoms with Gasteiger partial charge in [-0.15, -0.1) is 26.3 Å². The Kier molecular flexibility index (Phi) is 20.1. The van der Waals surface area contributed by atoms with Crippen molar-refractivity contribution in [3.63, 3.8) is 0 Å². The third kappa shape index (κ3) is 17.3. The maximum Gasteiger partial charge on any atom is 0.573 e. The molecule has 4 aliphatic rings. The van der Waals surface area contributed by atoms with Gasteiger partial charge in [0.1, 0.15) is 23.1 Å². The van der Waals surface area contributed by atoms with E-state index in [4.69, 9.17) is 28.4 Å². The van der Waals surface area contributed by atoms with Crippen LogP contribution in [0.3, 0.4) is 0 Å². The molecule has 0 radical (unpaired) electrons. The minimum atomic E-state index is -5.10. The van der Waals surface area contributed by atoms with Gasteiger partial charge in [-0.05, 0) is 99.2 Å². The molecular weight excluding hydrogens is 1070 g/mol. The number of benzene rings is 4. The van der Waals surface area contributed by atoms with E-state index in [0.717, 1.165) is 48.5 Å². The lowest BCUT2D eigenvalue weighted by Crippen LogP contribution is -2.50. The number of piperidine rings is 2. The zero-order valence-corrected chi connectivity index (χ0v) is 43.9. The fourth-order valence-electron chi connectivity index (χ4n) is 10.1. The molecule has 4 heterocycles. The highest BCUT2D eigenvalue weighted by molar-refractivity contribution is 6.30. The summed E-state index contributed by atoms with van der Waals surface area (Å²) in [5.41, 5.74) is 0.496. The number of nitrogens with zero attached hydrogens (tertiary/aromatic N) is 4. The van der Waals surface area contributed by atoms with Gasteiger partial charge in [-0.2, -0.15) is 0 Å². The SMILES string of the molecule is CC1COC(CCN2CCC(N(Cc3ccc(F)cc3)C(=O)C(OC(=O)C(=O)OC(C(=O)N(Cc3ccc(F)cc3)C3CCN(CCC4OCC(C)O4)CC3)c3ccc(OC(F)(F)F)cc3)c3ccc(OC(F)(F)F)cc3)CC2)O1. The predicted octanol–water partition coefficient (Wildman–Crippen LogP) is 8.92. The highest BCUT2D eigenvalue weighted by Gasteiger charge is 2.41. The average molecular weight is 1140 g/mol. The Morgan fingerprint density at radius 3 is 1.18 bits per heavy atom. The van der Waals surface area contributed by atoms with Gasteiger partial charge in [-0.1, -0.05) is 48.5 Å². The van der Waals surface area contributed by atoms with Crippen LogP contribution in [0.4, 0.5) is 35.1 Å². The molecule has 0 aliphatic carbocycles. The molecule has 4 aromatic rings. The minimum absolute atomic E-state index is 0.0445. The first-order valence-corrected chi connectivity index (χ1v) is 26.3. The molecule has 0 aromatic heterocycles. The van der Waals surface area contributed by atoms with Crippen molar-refractivity contribution in [3.05, 3.63) is 131 Å². The van der Waals surface area contributed by atoms with E-state index < -0.39 is 83.9 Å². The molecule has 80 heavy (non-hydrogen) atoms. The number of hydrogen-bond acceptors (Lipinski definition) is 14. The van der Waals surface area contributed by atoms with Crippen LogP contribution in [0.2, 0.25) is 0 Å². The lowest BCUT2D eigenvalue weighted by molar-refractivity contribution is -0.275. The Bertz CT molecular complexity index is 2490. The molecule has 0 saturated carbocycles. The maximum absolute atomic E-state index is 15.2. The van der Waals surface area contributed by atoms with Gasteiger partial charge < -0.3 is 57.5 Å². The number of esters is 2. The van der Waals surface area contributed by atoms with Gasteiger partial charge in [0, 0.05) is 88.4 Å². The van der Waals surface area contributed by atoms with Crippen LogP contribution in [-0.2, 0) is 60.7 Å². The lowest BCUT2D eigenvalue weighted by Gasteiger charge is -2.40. The van der Waals surface area contributed by atoms with E-state index in [0.29, 0.717) is 102 Å². The van der Waals surface area contributed by atoms with Gasteiger partial charge in [0.05, 0.1) is 25.4 Å². The summed E-state index contributed by atoms with van der Waals surface area (Å²) >= 11 is 0. The number of likely N-dealkylation sites (tertiary alicyclic amines) is 2. The molecular formula is C56H62F8N4O12. The number of ether oxygens (including phenoxy) is 8. The molecule has 8 rings (SSSR count). The van der Waals surface area contributed by atoms with Crippen LogP contribution in [0.15, 0.2) is 97.1 Å². The summed E-state index contributed by atoms with van der Waals surface area (Å²) in [6, 6.07) is 17.0. The number of carbonyl (C=O) groups excluding carboxylic acids is 4. The number of carbonyl (C=O) groups is 4. The van der Waals surface area contributed by atoms with Crippen LogP contribution in [0.5, 0.6) is 11.5 Å². The first kappa shape index (κ1) is 59.7. The highest BCUT2D eigenvalue weighted by atomic mass is 19.4. The standard InChI is InChI=1S/C56H62F8N4O12/c1-35-33-73-47(75-35)23-29-65-25-19-43(20-26-65)67(31-37-3-11-41(57)12-4-37)51(69)49(39-7-15-45(16-8-39)79-55(59,60)61)77-53(71)54(72)78-50(40-9-17-46(18-10-40)80-56(62,63)64)52(70)68(32-38-5-13-42(58)14-6-38)44-21-27-66(28-22-44)30-24-48-74-34-36(2)76-48/h3-18,35-36,43-44,47-50H,19-34H2,1-2H3. The summed E-state index contributed by atoms with van der Waals surface area (Å²) < 4.78 is 151. The van der Waals surface area contributed by atoms with Gasteiger partial charge in [0.15, 0.2) is 12.6 Å². The highest BCUT2D eigenvalue weighted by Crippen LogP contribution is 2.34. The van der Waals surface area contributed by atoms with E-state index in [1.165, 1.54) is 58.3 Å². The van der Waals surface area contributed by atoms with E-state index in [-0.39, 0.29) is 49.0 Å². The summed E-state index contributed by atoms with van der Waals surface area (Å²) in [7, 11) is 0. The Hall–Kier alpha value is -6.44. The summed E-state index contributed by atoms with van der Waals surface area (Å²) in [5.74, 6) is -8.03. The van der Waals surface area contributed by atoms with Crippen LogP contribution in [0, 0.1) is 11.6 Å². The van der Waals surface area contributed by atoms with Crippen molar-refractivity contribution in [2.45, 2.75) is 127 Å². The van der Waals surface area contributed by atoms with E-state index in [1.807, 2.05) is 13.8 Å². The maximum atomic E-state index is 15.2. The Morgan fingerprint density at radius 2 is 0.875 bits per heavy atom. The van der Waals surface area contributed by atoms with Gasteiger partial charge in [-0.3, -0.25) is 9.59 Å². The first-order valence-electron chi connectivity index (χ1n) is 26.3. The Labute approximate surface area is 456 Å². The number of halogens is 8. The van der Waals surface area contributed by atoms with Gasteiger partial charge >= 0.3 is 24.7 Å². The molecule has 434 valence electrons. The fourth-order valence-corrected chi connectivity index (χ4v) is 10.1. The number of rotatable bonds is 20. The van der Waals surface area contributed by atoms with Gasteiger partial charge in [0.2, 0.25) is 12.2 Å². The largest absolute Gasteiger partial charge is 0.573 e. The first-order chi connectivity index (χ1) is 38.1. The monoisotopic (exact) mass is 1130 g/mol. The normalized spacial score (nSPS) is 21.4. The average Bonchev–Trinajstić information content (AvgIpc) is 4.07. The summed E-state index contributed by atoms with van der Waals surface area (Å²) in [4.78, 5) is 66.0. The molecule has 0 N–H and O–H groups in total. The van der Waals surface area contributed by atoms with Gasteiger partial charge in [-0.25, -0.2) is 18.4 Å². The molecule has 4 fully saturated rings. The second kappa shape index (κ2) is 26.9. The molecule has 6 unspecified atom stereocenters. The second-order valence-corrected chi connectivity index (χ2v) is 20.1. The summed E-state index contributed by atoms with van der Waals surface area (Å²) in [5, 5.41) is 0.